The molecule has 2 N–H and O–H groups in total. The predicted octanol–water partition coefficient (Wildman–Crippen LogP) is 2.41. The van der Waals surface area contributed by atoms with Gasteiger partial charge in [0.1, 0.15) is 5.75 Å². The Bertz CT molecular complexity index is 611. The highest BCUT2D eigenvalue weighted by Gasteiger charge is 2.31. The fraction of sp³-hybridized carbons (Fsp3) is 0.400. The van der Waals surface area contributed by atoms with Gasteiger partial charge in [-0.05, 0) is 30.2 Å². The molecular formula is C15H18F3N3O2. The number of alkyl halides is 3. The van der Waals surface area contributed by atoms with Gasteiger partial charge >= 0.3 is 6.36 Å². The lowest BCUT2D eigenvalue weighted by Gasteiger charge is -2.14. The smallest absolute Gasteiger partial charge is 0.406 e. The highest BCUT2D eigenvalue weighted by molar-refractivity contribution is 5.28. The number of hydrogen-bond donors (Lipinski definition) is 2. The van der Waals surface area contributed by atoms with Gasteiger partial charge in [-0.15, -0.1) is 13.2 Å². The first-order valence-electron chi connectivity index (χ1n) is 7.07. The zero-order valence-corrected chi connectivity index (χ0v) is 12.5. The van der Waals surface area contributed by atoms with E-state index in [1.54, 1.807) is 10.9 Å². The fourth-order valence-electron chi connectivity index (χ4n) is 2.03. The zero-order valence-electron chi connectivity index (χ0n) is 12.5. The molecule has 2 aromatic rings. The van der Waals surface area contributed by atoms with E-state index in [1.807, 2.05) is 13.1 Å². The molecule has 1 unspecified atom stereocenters. The SMILES string of the molecule is Cc1cnn(CCNCC(O)c2ccc(OC(F)(F)F)cc2)c1. The first-order chi connectivity index (χ1) is 10.8. The van der Waals surface area contributed by atoms with Gasteiger partial charge in [-0.3, -0.25) is 4.68 Å². The number of nitrogens with zero attached hydrogens (tertiary/aromatic N) is 2. The van der Waals surface area contributed by atoms with Crippen molar-refractivity contribution >= 4 is 0 Å². The standard InChI is InChI=1S/C15H18F3N3O2/c1-11-8-20-21(10-11)7-6-19-9-14(22)12-2-4-13(5-3-12)23-15(16,17)18/h2-5,8,10,14,19,22H,6-7,9H2,1H3. The van der Waals surface area contributed by atoms with Gasteiger partial charge in [-0.1, -0.05) is 12.1 Å². The molecule has 5 nitrogen and oxygen atoms in total. The van der Waals surface area contributed by atoms with Crippen molar-refractivity contribution in [2.24, 2.45) is 0 Å². The van der Waals surface area contributed by atoms with E-state index in [-0.39, 0.29) is 5.75 Å². The van der Waals surface area contributed by atoms with Gasteiger partial charge in [-0.2, -0.15) is 5.10 Å². The number of aryl methyl sites for hydroxylation is 1. The Hall–Kier alpha value is -2.06. The van der Waals surface area contributed by atoms with Crippen LogP contribution >= 0.6 is 0 Å². The summed E-state index contributed by atoms with van der Waals surface area (Å²) in [6, 6.07) is 5.17. The minimum Gasteiger partial charge on any atom is -0.406 e. The number of aromatic nitrogens is 2. The topological polar surface area (TPSA) is 59.3 Å². The number of halogens is 3. The zero-order chi connectivity index (χ0) is 16.9. The van der Waals surface area contributed by atoms with Gasteiger partial charge in [0.05, 0.1) is 18.8 Å². The number of aliphatic hydroxyl groups is 1. The van der Waals surface area contributed by atoms with Crippen LogP contribution in [0, 0.1) is 6.92 Å². The van der Waals surface area contributed by atoms with Crippen LogP contribution < -0.4 is 10.1 Å². The molecule has 126 valence electrons. The molecule has 0 bridgehead atoms. The molecule has 0 spiro atoms. The second-order valence-electron chi connectivity index (χ2n) is 5.12. The molecular weight excluding hydrogens is 311 g/mol. The highest BCUT2D eigenvalue weighted by atomic mass is 19.4. The molecule has 0 saturated heterocycles. The molecule has 1 aromatic heterocycles. The van der Waals surface area contributed by atoms with Crippen LogP contribution in [-0.2, 0) is 6.54 Å². The molecule has 8 heteroatoms. The minimum atomic E-state index is -4.72. The molecule has 0 saturated carbocycles. The Kier molecular flexibility index (Phi) is 5.62. The van der Waals surface area contributed by atoms with Crippen molar-refractivity contribution in [3.63, 3.8) is 0 Å². The number of ether oxygens (including phenoxy) is 1. The van der Waals surface area contributed by atoms with Crippen LogP contribution in [0.4, 0.5) is 13.2 Å². The summed E-state index contributed by atoms with van der Waals surface area (Å²) < 4.78 is 41.7. The third kappa shape index (κ3) is 5.91. The minimum absolute atomic E-state index is 0.291. The van der Waals surface area contributed by atoms with E-state index in [0.717, 1.165) is 5.56 Å². The summed E-state index contributed by atoms with van der Waals surface area (Å²) in [5.41, 5.74) is 1.59. The molecule has 2 rings (SSSR count). The van der Waals surface area contributed by atoms with Crippen LogP contribution in [0.15, 0.2) is 36.7 Å². The lowest BCUT2D eigenvalue weighted by atomic mass is 10.1. The second-order valence-corrected chi connectivity index (χ2v) is 5.12. The Morgan fingerprint density at radius 2 is 2.00 bits per heavy atom. The van der Waals surface area contributed by atoms with E-state index in [9.17, 15) is 18.3 Å². The van der Waals surface area contributed by atoms with E-state index in [4.69, 9.17) is 0 Å². The van der Waals surface area contributed by atoms with E-state index >= 15 is 0 Å². The number of benzene rings is 1. The van der Waals surface area contributed by atoms with E-state index < -0.39 is 12.5 Å². The number of rotatable bonds is 7. The van der Waals surface area contributed by atoms with E-state index in [2.05, 4.69) is 15.2 Å². The summed E-state index contributed by atoms with van der Waals surface area (Å²) in [5, 5.41) is 17.2. The largest absolute Gasteiger partial charge is 0.573 e. The average Bonchev–Trinajstić information content (AvgIpc) is 2.88. The molecule has 1 aromatic carbocycles. The third-order valence-electron chi connectivity index (χ3n) is 3.12. The van der Waals surface area contributed by atoms with Crippen LogP contribution in [0.2, 0.25) is 0 Å². The third-order valence-corrected chi connectivity index (χ3v) is 3.12. The molecule has 23 heavy (non-hydrogen) atoms. The van der Waals surface area contributed by atoms with Gasteiger partial charge in [0.2, 0.25) is 0 Å². The van der Waals surface area contributed by atoms with Crippen molar-refractivity contribution in [3.05, 3.63) is 47.8 Å². The molecule has 1 atom stereocenters. The van der Waals surface area contributed by atoms with E-state index in [0.29, 0.717) is 25.2 Å². The van der Waals surface area contributed by atoms with Gasteiger partial charge < -0.3 is 15.2 Å². The summed E-state index contributed by atoms with van der Waals surface area (Å²) in [6.07, 6.45) is -1.85. The highest BCUT2D eigenvalue weighted by Crippen LogP contribution is 2.24. The van der Waals surface area contributed by atoms with Crippen LogP contribution in [0.25, 0.3) is 0 Å². The molecule has 0 fully saturated rings. The van der Waals surface area contributed by atoms with Crippen LogP contribution in [-0.4, -0.2) is 34.3 Å². The molecule has 0 amide bonds. The molecule has 0 aliphatic rings. The summed E-state index contributed by atoms with van der Waals surface area (Å²) in [6.45, 7) is 3.53. The maximum atomic E-state index is 12.1. The van der Waals surface area contributed by atoms with Crippen molar-refractivity contribution in [1.82, 2.24) is 15.1 Å². The van der Waals surface area contributed by atoms with Gasteiger partial charge in [0.25, 0.3) is 0 Å². The summed E-state index contributed by atoms with van der Waals surface area (Å²) in [4.78, 5) is 0. The number of aliphatic hydroxyl groups excluding tert-OH is 1. The monoisotopic (exact) mass is 329 g/mol. The molecule has 0 aliphatic carbocycles. The Morgan fingerprint density at radius 1 is 1.30 bits per heavy atom. The van der Waals surface area contributed by atoms with E-state index in [1.165, 1.54) is 24.3 Å². The molecule has 0 aliphatic heterocycles. The normalized spacial score (nSPS) is 13.1. The van der Waals surface area contributed by atoms with Crippen molar-refractivity contribution in [2.45, 2.75) is 25.9 Å². The van der Waals surface area contributed by atoms with Crippen molar-refractivity contribution in [1.29, 1.82) is 0 Å². The quantitative estimate of drug-likeness (QED) is 0.766. The second kappa shape index (κ2) is 7.47. The first kappa shape index (κ1) is 17.3. The maximum absolute atomic E-state index is 12.1. The van der Waals surface area contributed by atoms with Gasteiger partial charge in [0, 0.05) is 19.3 Å². The van der Waals surface area contributed by atoms with Gasteiger partial charge in [0.15, 0.2) is 0 Å². The summed E-state index contributed by atoms with van der Waals surface area (Å²) in [7, 11) is 0. The maximum Gasteiger partial charge on any atom is 0.573 e. The Morgan fingerprint density at radius 3 is 2.57 bits per heavy atom. The lowest BCUT2D eigenvalue weighted by Crippen LogP contribution is -2.25. The molecule has 1 heterocycles. The van der Waals surface area contributed by atoms with Gasteiger partial charge in [-0.25, -0.2) is 0 Å². The van der Waals surface area contributed by atoms with Crippen LogP contribution in [0.1, 0.15) is 17.2 Å². The predicted molar refractivity (Wildman–Crippen MR) is 77.9 cm³/mol. The summed E-state index contributed by atoms with van der Waals surface area (Å²) >= 11 is 0. The summed E-state index contributed by atoms with van der Waals surface area (Å²) in [5.74, 6) is -0.310. The number of nitrogens with one attached hydrogen (secondary N) is 1. The first-order valence-corrected chi connectivity index (χ1v) is 7.07. The average molecular weight is 329 g/mol. The fourth-order valence-corrected chi connectivity index (χ4v) is 2.03. The van der Waals surface area contributed by atoms with Crippen molar-refractivity contribution in [3.8, 4) is 5.75 Å². The number of hydrogen-bond acceptors (Lipinski definition) is 4. The Balaban J connectivity index is 1.75. The van der Waals surface area contributed by atoms with Crippen molar-refractivity contribution < 1.29 is 23.0 Å². The molecule has 0 radical (unpaired) electrons. The van der Waals surface area contributed by atoms with Crippen LogP contribution in [0.3, 0.4) is 0 Å². The lowest BCUT2D eigenvalue weighted by molar-refractivity contribution is -0.274. The van der Waals surface area contributed by atoms with Crippen molar-refractivity contribution in [2.75, 3.05) is 13.1 Å². The van der Waals surface area contributed by atoms with Crippen LogP contribution in [0.5, 0.6) is 5.75 Å². The Labute approximate surface area is 131 Å².